The molecule has 0 aliphatic carbocycles. The maximum Gasteiger partial charge on any atom is 0.293 e. The molecule has 0 radical (unpaired) electrons. The molecule has 1 aliphatic heterocycles. The lowest BCUT2D eigenvalue weighted by Gasteiger charge is -2.26. The van der Waals surface area contributed by atoms with Gasteiger partial charge in [-0.05, 0) is 23.8 Å². The number of nitrogens with one attached hydrogen (secondary N) is 2. The second kappa shape index (κ2) is 10.5. The van der Waals surface area contributed by atoms with Crippen LogP contribution in [0.3, 0.4) is 0 Å². The Balaban J connectivity index is 1.59. The number of ether oxygens (including phenoxy) is 1. The Morgan fingerprint density at radius 3 is 2.67 bits per heavy atom. The first kappa shape index (κ1) is 22.8. The van der Waals surface area contributed by atoms with Crippen molar-refractivity contribution < 1.29 is 23.6 Å². The van der Waals surface area contributed by atoms with Gasteiger partial charge in [-0.2, -0.15) is 0 Å². The summed E-state index contributed by atoms with van der Waals surface area (Å²) in [6, 6.07) is 7.74. The number of aromatic nitrogens is 2. The second-order valence-corrected chi connectivity index (χ2v) is 7.73. The molecule has 174 valence electrons. The molecule has 4 rings (SSSR count). The molecule has 0 bridgehead atoms. The number of pyridine rings is 1. The van der Waals surface area contributed by atoms with Gasteiger partial charge in [0.25, 0.3) is 11.8 Å². The minimum Gasteiger partial charge on any atom is -0.379 e. The van der Waals surface area contributed by atoms with Gasteiger partial charge in [0.1, 0.15) is 11.5 Å². The van der Waals surface area contributed by atoms with E-state index >= 15 is 0 Å². The first-order valence-electron chi connectivity index (χ1n) is 10.7. The Labute approximate surface area is 190 Å². The quantitative estimate of drug-likeness (QED) is 0.501. The van der Waals surface area contributed by atoms with Crippen molar-refractivity contribution in [3.8, 4) is 0 Å². The Kier molecular flexibility index (Phi) is 7.28. The van der Waals surface area contributed by atoms with Crippen LogP contribution in [0.2, 0.25) is 0 Å². The van der Waals surface area contributed by atoms with Crippen molar-refractivity contribution in [2.75, 3.05) is 46.5 Å². The van der Waals surface area contributed by atoms with E-state index in [-0.39, 0.29) is 17.4 Å². The molecule has 0 spiro atoms. The van der Waals surface area contributed by atoms with Gasteiger partial charge in [-0.25, -0.2) is 14.9 Å². The molecular weight excluding hydrogens is 429 g/mol. The summed E-state index contributed by atoms with van der Waals surface area (Å²) in [4.78, 5) is 36.4. The van der Waals surface area contributed by atoms with Crippen LogP contribution in [0, 0.1) is 5.82 Å². The van der Waals surface area contributed by atoms with Crippen LogP contribution >= 0.6 is 0 Å². The molecule has 3 heterocycles. The average molecular weight is 455 g/mol. The molecule has 9 nitrogen and oxygen atoms in total. The van der Waals surface area contributed by atoms with Crippen molar-refractivity contribution in [2.24, 2.45) is 0 Å². The van der Waals surface area contributed by atoms with E-state index in [1.807, 2.05) is 4.57 Å². The number of carbonyl (C=O) groups excluding carboxylic acids is 2. The second-order valence-electron chi connectivity index (χ2n) is 7.73. The van der Waals surface area contributed by atoms with E-state index in [1.165, 1.54) is 19.2 Å². The van der Waals surface area contributed by atoms with Crippen molar-refractivity contribution >= 4 is 22.7 Å². The topological polar surface area (TPSA) is 97.7 Å². The van der Waals surface area contributed by atoms with Gasteiger partial charge in [0.05, 0.1) is 37.6 Å². The number of nitrogens with zero attached hydrogens (tertiary/aromatic N) is 3. The number of rotatable bonds is 8. The predicted molar refractivity (Wildman–Crippen MR) is 119 cm³/mol. The normalized spacial score (nSPS) is 14.4. The third-order valence-electron chi connectivity index (χ3n) is 5.52. The fourth-order valence-corrected chi connectivity index (χ4v) is 3.80. The van der Waals surface area contributed by atoms with Gasteiger partial charge in [0, 0.05) is 44.3 Å². The number of hydroxylamine groups is 1. The minimum absolute atomic E-state index is 0.131. The lowest BCUT2D eigenvalue weighted by Crippen LogP contribution is -2.41. The molecule has 2 amide bonds. The summed E-state index contributed by atoms with van der Waals surface area (Å²) in [6.45, 7) is 4.72. The number of carbonyl (C=O) groups is 2. The van der Waals surface area contributed by atoms with Crippen LogP contribution < -0.4 is 10.8 Å². The van der Waals surface area contributed by atoms with Crippen LogP contribution in [0.15, 0.2) is 42.7 Å². The molecule has 0 atom stereocenters. The zero-order valence-corrected chi connectivity index (χ0v) is 18.3. The first-order valence-corrected chi connectivity index (χ1v) is 10.7. The molecule has 1 saturated heterocycles. The van der Waals surface area contributed by atoms with E-state index in [1.54, 1.807) is 30.6 Å². The number of hydrogen-bond donors (Lipinski definition) is 2. The number of benzene rings is 1. The summed E-state index contributed by atoms with van der Waals surface area (Å²) >= 11 is 0. The van der Waals surface area contributed by atoms with Crippen LogP contribution in [0.4, 0.5) is 4.39 Å². The molecule has 10 heteroatoms. The standard InChI is InChI=1S/C23H26FN5O4/c1-32-27-23(31)20-12-18-19(22(30)25-6-7-28-8-10-33-11-9-28)15-29(21(18)13-26-20)14-16-2-4-17(24)5-3-16/h2-5,12-13,15H,6-11,14H2,1H3,(H,25,30)(H,27,31). The number of morpholine rings is 1. The zero-order chi connectivity index (χ0) is 23.2. The Morgan fingerprint density at radius 1 is 1.18 bits per heavy atom. The highest BCUT2D eigenvalue weighted by Crippen LogP contribution is 2.23. The Hall–Kier alpha value is -3.34. The molecule has 1 aromatic carbocycles. The molecule has 1 fully saturated rings. The maximum atomic E-state index is 13.3. The SMILES string of the molecule is CONC(=O)c1cc2c(C(=O)NCCN3CCOCC3)cn(Cc3ccc(F)cc3)c2cn1. The lowest BCUT2D eigenvalue weighted by molar-refractivity contribution is 0.0383. The highest BCUT2D eigenvalue weighted by molar-refractivity contribution is 6.08. The summed E-state index contributed by atoms with van der Waals surface area (Å²) in [5.74, 6) is -1.06. The van der Waals surface area contributed by atoms with Gasteiger partial charge >= 0.3 is 0 Å². The van der Waals surface area contributed by atoms with Crippen LogP contribution in [0.5, 0.6) is 0 Å². The largest absolute Gasteiger partial charge is 0.379 e. The van der Waals surface area contributed by atoms with Gasteiger partial charge in [0.15, 0.2) is 0 Å². The monoisotopic (exact) mass is 455 g/mol. The third-order valence-corrected chi connectivity index (χ3v) is 5.52. The van der Waals surface area contributed by atoms with Gasteiger partial charge < -0.3 is 14.6 Å². The van der Waals surface area contributed by atoms with Crippen molar-refractivity contribution in [2.45, 2.75) is 6.54 Å². The van der Waals surface area contributed by atoms with Gasteiger partial charge in [-0.15, -0.1) is 0 Å². The van der Waals surface area contributed by atoms with Crippen molar-refractivity contribution in [1.29, 1.82) is 0 Å². The van der Waals surface area contributed by atoms with Crippen LogP contribution in [-0.2, 0) is 16.1 Å². The number of fused-ring (bicyclic) bond motifs is 1. The fraction of sp³-hybridized carbons (Fsp3) is 0.348. The van der Waals surface area contributed by atoms with Gasteiger partial charge in [-0.3, -0.25) is 19.3 Å². The van der Waals surface area contributed by atoms with Gasteiger partial charge in [0.2, 0.25) is 0 Å². The van der Waals surface area contributed by atoms with E-state index in [0.29, 0.717) is 42.8 Å². The van der Waals surface area contributed by atoms with E-state index < -0.39 is 5.91 Å². The molecule has 1 aliphatic rings. The molecule has 0 saturated carbocycles. The Morgan fingerprint density at radius 2 is 1.94 bits per heavy atom. The number of amides is 2. The minimum atomic E-state index is -0.510. The smallest absolute Gasteiger partial charge is 0.293 e. The number of hydrogen-bond acceptors (Lipinski definition) is 6. The van der Waals surface area contributed by atoms with Crippen LogP contribution in [-0.4, -0.2) is 72.8 Å². The first-order chi connectivity index (χ1) is 16.0. The summed E-state index contributed by atoms with van der Waals surface area (Å²) in [5.41, 5.74) is 4.36. The third kappa shape index (κ3) is 5.54. The molecule has 2 N–H and O–H groups in total. The van der Waals surface area contributed by atoms with E-state index in [2.05, 4.69) is 25.5 Å². The summed E-state index contributed by atoms with van der Waals surface area (Å²) in [7, 11) is 1.34. The van der Waals surface area contributed by atoms with E-state index in [9.17, 15) is 14.0 Å². The summed E-state index contributed by atoms with van der Waals surface area (Å²) in [5, 5.41) is 3.56. The zero-order valence-electron chi connectivity index (χ0n) is 18.3. The van der Waals surface area contributed by atoms with Crippen molar-refractivity contribution in [3.05, 3.63) is 65.4 Å². The maximum absolute atomic E-state index is 13.3. The Bertz CT molecular complexity index is 1130. The summed E-state index contributed by atoms with van der Waals surface area (Å²) < 4.78 is 20.5. The van der Waals surface area contributed by atoms with Gasteiger partial charge in [-0.1, -0.05) is 12.1 Å². The molecule has 3 aromatic rings. The lowest BCUT2D eigenvalue weighted by atomic mass is 10.1. The van der Waals surface area contributed by atoms with E-state index in [0.717, 1.165) is 25.2 Å². The van der Waals surface area contributed by atoms with Crippen molar-refractivity contribution in [3.63, 3.8) is 0 Å². The number of halogens is 1. The predicted octanol–water partition coefficient (Wildman–Crippen LogP) is 1.58. The summed E-state index contributed by atoms with van der Waals surface area (Å²) in [6.07, 6.45) is 3.28. The molecule has 2 aromatic heterocycles. The molecule has 0 unspecified atom stereocenters. The fourth-order valence-electron chi connectivity index (χ4n) is 3.80. The van der Waals surface area contributed by atoms with Crippen LogP contribution in [0.25, 0.3) is 10.9 Å². The average Bonchev–Trinajstić information content (AvgIpc) is 3.19. The van der Waals surface area contributed by atoms with Crippen LogP contribution in [0.1, 0.15) is 26.4 Å². The molecular formula is C23H26FN5O4. The highest BCUT2D eigenvalue weighted by atomic mass is 19.1. The molecule has 33 heavy (non-hydrogen) atoms. The van der Waals surface area contributed by atoms with E-state index in [4.69, 9.17) is 4.74 Å². The van der Waals surface area contributed by atoms with Crippen molar-refractivity contribution in [1.82, 2.24) is 25.2 Å². The highest BCUT2D eigenvalue weighted by Gasteiger charge is 2.19.